The molecule has 0 bridgehead atoms. The Hall–Kier alpha value is -1.22. The van der Waals surface area contributed by atoms with Gasteiger partial charge in [-0.15, -0.1) is 0 Å². The Balaban J connectivity index is 3.69. The van der Waals surface area contributed by atoms with Crippen molar-refractivity contribution >= 4 is 5.91 Å². The molecule has 0 unspecified atom stereocenters. The summed E-state index contributed by atoms with van der Waals surface area (Å²) in [5.41, 5.74) is 8.09. The summed E-state index contributed by atoms with van der Waals surface area (Å²) in [6, 6.07) is 0. The molecule has 98 valence electrons. The van der Waals surface area contributed by atoms with Crippen LogP contribution in [0.5, 0.6) is 0 Å². The van der Waals surface area contributed by atoms with Crippen molar-refractivity contribution in [3.8, 4) is 0 Å². The number of amides is 1. The number of rotatable bonds is 10. The number of unbranched alkanes of at least 4 members (excludes halogenated alkanes) is 1. The average molecular weight is 240 g/mol. The van der Waals surface area contributed by atoms with Crippen LogP contribution in [0.3, 0.4) is 0 Å². The van der Waals surface area contributed by atoms with Crippen LogP contribution in [0.1, 0.15) is 52.4 Å². The summed E-state index contributed by atoms with van der Waals surface area (Å²) >= 11 is 0. The van der Waals surface area contributed by atoms with Crippen molar-refractivity contribution in [2.75, 3.05) is 13.1 Å². The minimum Gasteiger partial charge on any atom is -0.356 e. The van der Waals surface area contributed by atoms with Crippen molar-refractivity contribution in [1.29, 1.82) is 0 Å². The van der Waals surface area contributed by atoms with Crippen LogP contribution in [-0.4, -0.2) is 19.0 Å². The average Bonchev–Trinajstić information content (AvgIpc) is 2.33. The molecule has 5 heteroatoms. The highest BCUT2D eigenvalue weighted by atomic mass is 16.1. The second-order valence-corrected chi connectivity index (χ2v) is 4.23. The fourth-order valence-electron chi connectivity index (χ4n) is 1.81. The molecule has 17 heavy (non-hydrogen) atoms. The topological polar surface area (TPSA) is 77.9 Å². The van der Waals surface area contributed by atoms with E-state index in [4.69, 9.17) is 5.53 Å². The SMILES string of the molecule is CCCC(CCC)C(=O)NCCCCN=[N+]=[N-]. The van der Waals surface area contributed by atoms with E-state index in [9.17, 15) is 4.79 Å². The van der Waals surface area contributed by atoms with Crippen LogP contribution in [0, 0.1) is 5.92 Å². The molecular formula is C12H24N4O. The van der Waals surface area contributed by atoms with E-state index in [1.807, 2.05) is 0 Å². The van der Waals surface area contributed by atoms with Crippen LogP contribution in [-0.2, 0) is 4.79 Å². The number of hydrogen-bond acceptors (Lipinski definition) is 2. The van der Waals surface area contributed by atoms with Crippen molar-refractivity contribution in [2.45, 2.75) is 52.4 Å². The molecule has 0 aliphatic rings. The lowest BCUT2D eigenvalue weighted by molar-refractivity contribution is -0.125. The molecule has 5 nitrogen and oxygen atoms in total. The summed E-state index contributed by atoms with van der Waals surface area (Å²) in [7, 11) is 0. The molecule has 0 rings (SSSR count). The van der Waals surface area contributed by atoms with Crippen molar-refractivity contribution in [2.24, 2.45) is 11.0 Å². The maximum Gasteiger partial charge on any atom is 0.223 e. The molecule has 0 aromatic carbocycles. The number of carbonyl (C=O) groups is 1. The Kier molecular flexibility index (Phi) is 10.5. The Morgan fingerprint density at radius 1 is 1.29 bits per heavy atom. The summed E-state index contributed by atoms with van der Waals surface area (Å²) < 4.78 is 0. The smallest absolute Gasteiger partial charge is 0.223 e. The van der Waals surface area contributed by atoms with Gasteiger partial charge in [-0.3, -0.25) is 4.79 Å². The molecule has 0 fully saturated rings. The number of nitrogens with zero attached hydrogens (tertiary/aromatic N) is 3. The lowest BCUT2D eigenvalue weighted by Crippen LogP contribution is -2.31. The first-order chi connectivity index (χ1) is 8.26. The largest absolute Gasteiger partial charge is 0.356 e. The van der Waals surface area contributed by atoms with E-state index in [1.54, 1.807) is 0 Å². The van der Waals surface area contributed by atoms with Crippen LogP contribution >= 0.6 is 0 Å². The first-order valence-electron chi connectivity index (χ1n) is 6.54. The van der Waals surface area contributed by atoms with E-state index in [0.717, 1.165) is 38.5 Å². The predicted octanol–water partition coefficient (Wildman–Crippen LogP) is 3.41. The second-order valence-electron chi connectivity index (χ2n) is 4.23. The Labute approximate surface area is 104 Å². The summed E-state index contributed by atoms with van der Waals surface area (Å²) in [5.74, 6) is 0.347. The number of azide groups is 1. The van der Waals surface area contributed by atoms with Crippen LogP contribution in [0.2, 0.25) is 0 Å². The Morgan fingerprint density at radius 3 is 2.47 bits per heavy atom. The number of nitrogens with one attached hydrogen (secondary N) is 1. The van der Waals surface area contributed by atoms with Crippen molar-refractivity contribution in [3.63, 3.8) is 0 Å². The van der Waals surface area contributed by atoms with E-state index < -0.39 is 0 Å². The molecule has 0 aliphatic heterocycles. The van der Waals surface area contributed by atoms with Crippen LogP contribution in [0.4, 0.5) is 0 Å². The van der Waals surface area contributed by atoms with Crippen molar-refractivity contribution in [3.05, 3.63) is 10.4 Å². The molecule has 0 aromatic heterocycles. The standard InChI is InChI=1S/C12H24N4O/c1-3-7-11(8-4-2)12(17)14-9-5-6-10-15-16-13/h11H,3-10H2,1-2H3,(H,14,17). The van der Waals surface area contributed by atoms with Crippen LogP contribution in [0.15, 0.2) is 5.11 Å². The van der Waals surface area contributed by atoms with Gasteiger partial charge in [0.05, 0.1) is 0 Å². The highest BCUT2D eigenvalue weighted by Gasteiger charge is 2.15. The third-order valence-corrected chi connectivity index (χ3v) is 2.69. The van der Waals surface area contributed by atoms with Crippen molar-refractivity contribution in [1.82, 2.24) is 5.32 Å². The van der Waals surface area contributed by atoms with E-state index in [-0.39, 0.29) is 11.8 Å². The molecule has 0 atom stereocenters. The van der Waals surface area contributed by atoms with E-state index >= 15 is 0 Å². The van der Waals surface area contributed by atoms with E-state index in [2.05, 4.69) is 29.2 Å². The maximum absolute atomic E-state index is 11.8. The van der Waals surface area contributed by atoms with Gasteiger partial charge in [0.15, 0.2) is 0 Å². The highest BCUT2D eigenvalue weighted by molar-refractivity contribution is 5.78. The lowest BCUT2D eigenvalue weighted by atomic mass is 9.97. The van der Waals surface area contributed by atoms with Crippen LogP contribution < -0.4 is 5.32 Å². The number of hydrogen-bond donors (Lipinski definition) is 1. The van der Waals surface area contributed by atoms with Gasteiger partial charge in [-0.2, -0.15) is 0 Å². The Morgan fingerprint density at radius 2 is 1.94 bits per heavy atom. The summed E-state index contributed by atoms with van der Waals surface area (Å²) in [5, 5.41) is 6.41. The van der Waals surface area contributed by atoms with Gasteiger partial charge in [0.25, 0.3) is 0 Å². The summed E-state index contributed by atoms with van der Waals surface area (Å²) in [4.78, 5) is 14.5. The highest BCUT2D eigenvalue weighted by Crippen LogP contribution is 2.13. The zero-order chi connectivity index (χ0) is 12.9. The molecule has 0 heterocycles. The fraction of sp³-hybridized carbons (Fsp3) is 0.917. The predicted molar refractivity (Wildman–Crippen MR) is 69.6 cm³/mol. The lowest BCUT2D eigenvalue weighted by Gasteiger charge is -2.14. The monoisotopic (exact) mass is 240 g/mol. The quantitative estimate of drug-likeness (QED) is 0.270. The van der Waals surface area contributed by atoms with E-state index in [0.29, 0.717) is 13.1 Å². The normalized spacial score (nSPS) is 10.1. The molecule has 0 saturated heterocycles. The maximum atomic E-state index is 11.8. The van der Waals surface area contributed by atoms with Gasteiger partial charge in [0.1, 0.15) is 0 Å². The second kappa shape index (κ2) is 11.3. The molecule has 0 aromatic rings. The summed E-state index contributed by atoms with van der Waals surface area (Å²) in [6.45, 7) is 5.41. The van der Waals surface area contributed by atoms with Crippen LogP contribution in [0.25, 0.3) is 10.4 Å². The minimum absolute atomic E-state index is 0.169. The first-order valence-corrected chi connectivity index (χ1v) is 6.54. The summed E-state index contributed by atoms with van der Waals surface area (Å²) in [6.07, 6.45) is 5.74. The van der Waals surface area contributed by atoms with Gasteiger partial charge in [0, 0.05) is 23.9 Å². The van der Waals surface area contributed by atoms with Gasteiger partial charge in [-0.25, -0.2) is 0 Å². The zero-order valence-electron chi connectivity index (χ0n) is 11.0. The molecule has 0 aliphatic carbocycles. The molecular weight excluding hydrogens is 216 g/mol. The van der Waals surface area contributed by atoms with Gasteiger partial charge in [-0.1, -0.05) is 31.8 Å². The zero-order valence-corrected chi connectivity index (χ0v) is 11.0. The van der Waals surface area contributed by atoms with Gasteiger partial charge >= 0.3 is 0 Å². The van der Waals surface area contributed by atoms with Gasteiger partial charge < -0.3 is 5.32 Å². The fourth-order valence-corrected chi connectivity index (χ4v) is 1.81. The third kappa shape index (κ3) is 8.57. The number of carbonyl (C=O) groups excluding carboxylic acids is 1. The molecule has 0 saturated carbocycles. The molecule has 1 amide bonds. The van der Waals surface area contributed by atoms with Gasteiger partial charge in [-0.05, 0) is 31.2 Å². The third-order valence-electron chi connectivity index (χ3n) is 2.69. The van der Waals surface area contributed by atoms with E-state index in [1.165, 1.54) is 0 Å². The van der Waals surface area contributed by atoms with Gasteiger partial charge in [0.2, 0.25) is 5.91 Å². The first kappa shape index (κ1) is 15.8. The molecule has 0 radical (unpaired) electrons. The molecule has 1 N–H and O–H groups in total. The minimum atomic E-state index is 0.169. The molecule has 0 spiro atoms. The Bertz CT molecular complexity index is 243. The van der Waals surface area contributed by atoms with Crippen molar-refractivity contribution < 1.29 is 4.79 Å².